The van der Waals surface area contributed by atoms with Gasteiger partial charge in [-0.1, -0.05) is 0 Å². The molecule has 0 rings (SSSR count). The Morgan fingerprint density at radius 3 is 2.39 bits per heavy atom. The molecule has 7 heteroatoms. The van der Waals surface area contributed by atoms with Crippen molar-refractivity contribution in [1.29, 1.82) is 0 Å². The largest absolute Gasteiger partial charge is 0.480 e. The monoisotopic (exact) mass is 259 g/mol. The van der Waals surface area contributed by atoms with Crippen LogP contribution in [0.4, 0.5) is 4.79 Å². The highest BCUT2D eigenvalue weighted by molar-refractivity contribution is 5.83. The van der Waals surface area contributed by atoms with Crippen LogP contribution in [0, 0.1) is 0 Å². The van der Waals surface area contributed by atoms with Crippen LogP contribution in [0.15, 0.2) is 5.10 Å². The first-order valence-electron chi connectivity index (χ1n) is 5.67. The summed E-state index contributed by atoms with van der Waals surface area (Å²) in [5, 5.41) is 5.98. The second-order valence-corrected chi connectivity index (χ2v) is 4.45. The predicted octanol–water partition coefficient (Wildman–Crippen LogP) is 0.997. The van der Waals surface area contributed by atoms with E-state index in [-0.39, 0.29) is 6.54 Å². The molecule has 0 saturated carbocycles. The standard InChI is InChI=1S/C11H21N3O4/c1-6-17-8(2)13-14-9(15)7-12-10(16)18-11(3,4)5/h6-7H2,1-5H3,(H,12,16)(H,14,15)/b13-8+. The molecule has 0 saturated heterocycles. The molecule has 0 fully saturated rings. The van der Waals surface area contributed by atoms with E-state index in [1.165, 1.54) is 0 Å². The van der Waals surface area contributed by atoms with Crippen LogP contribution in [0.25, 0.3) is 0 Å². The van der Waals surface area contributed by atoms with Gasteiger partial charge in [0.15, 0.2) is 0 Å². The third-order valence-electron chi connectivity index (χ3n) is 1.48. The maximum Gasteiger partial charge on any atom is 0.408 e. The minimum Gasteiger partial charge on any atom is -0.480 e. The average Bonchev–Trinajstić information content (AvgIpc) is 2.21. The van der Waals surface area contributed by atoms with E-state index in [4.69, 9.17) is 9.47 Å². The SMILES string of the molecule is CCO/C(C)=N/NC(=O)CNC(=O)OC(C)(C)C. The van der Waals surface area contributed by atoms with E-state index < -0.39 is 17.6 Å². The van der Waals surface area contributed by atoms with Crippen LogP contribution in [-0.4, -0.2) is 36.7 Å². The summed E-state index contributed by atoms with van der Waals surface area (Å²) in [6.45, 7) is 8.91. The van der Waals surface area contributed by atoms with Gasteiger partial charge >= 0.3 is 6.09 Å². The Morgan fingerprint density at radius 2 is 1.89 bits per heavy atom. The zero-order valence-electron chi connectivity index (χ0n) is 11.5. The van der Waals surface area contributed by atoms with Crippen molar-refractivity contribution in [3.05, 3.63) is 0 Å². The number of ether oxygens (including phenoxy) is 2. The third kappa shape index (κ3) is 9.44. The van der Waals surface area contributed by atoms with Crippen LogP contribution in [-0.2, 0) is 14.3 Å². The van der Waals surface area contributed by atoms with Crippen molar-refractivity contribution < 1.29 is 19.1 Å². The van der Waals surface area contributed by atoms with Crippen molar-refractivity contribution in [2.45, 2.75) is 40.2 Å². The Balaban J connectivity index is 3.91. The number of nitrogens with zero attached hydrogens (tertiary/aromatic N) is 1. The second kappa shape index (κ2) is 7.52. The summed E-state index contributed by atoms with van der Waals surface area (Å²) in [5.74, 6) is -0.108. The molecule has 7 nitrogen and oxygen atoms in total. The van der Waals surface area contributed by atoms with E-state index in [2.05, 4.69) is 15.8 Å². The Bertz CT molecular complexity index is 321. The summed E-state index contributed by atoms with van der Waals surface area (Å²) in [4.78, 5) is 22.5. The summed E-state index contributed by atoms with van der Waals surface area (Å²) in [5.41, 5.74) is 1.65. The zero-order valence-corrected chi connectivity index (χ0v) is 11.5. The number of carbonyl (C=O) groups excluding carboxylic acids is 2. The molecule has 18 heavy (non-hydrogen) atoms. The fourth-order valence-corrected chi connectivity index (χ4v) is 0.888. The lowest BCUT2D eigenvalue weighted by atomic mass is 10.2. The van der Waals surface area contributed by atoms with E-state index in [0.717, 1.165) is 0 Å². The molecule has 0 aliphatic heterocycles. The van der Waals surface area contributed by atoms with Crippen LogP contribution in [0.5, 0.6) is 0 Å². The van der Waals surface area contributed by atoms with Gasteiger partial charge in [-0.3, -0.25) is 4.79 Å². The Kier molecular flexibility index (Phi) is 6.77. The van der Waals surface area contributed by atoms with E-state index >= 15 is 0 Å². The first-order valence-corrected chi connectivity index (χ1v) is 5.67. The Hall–Kier alpha value is -1.79. The van der Waals surface area contributed by atoms with Gasteiger partial charge < -0.3 is 14.8 Å². The molecule has 2 amide bonds. The van der Waals surface area contributed by atoms with Crippen molar-refractivity contribution in [3.8, 4) is 0 Å². The summed E-state index contributed by atoms with van der Waals surface area (Å²) in [6, 6.07) is 0. The lowest BCUT2D eigenvalue weighted by molar-refractivity contribution is -0.120. The van der Waals surface area contributed by atoms with Gasteiger partial charge in [-0.2, -0.15) is 0 Å². The molecule has 0 aromatic heterocycles. The van der Waals surface area contributed by atoms with Crippen molar-refractivity contribution in [2.75, 3.05) is 13.2 Å². The lowest BCUT2D eigenvalue weighted by Gasteiger charge is -2.19. The molecule has 0 aliphatic carbocycles. The highest BCUT2D eigenvalue weighted by Crippen LogP contribution is 2.05. The minimum atomic E-state index is -0.650. The number of alkyl carbamates (subject to hydrolysis) is 1. The maximum atomic E-state index is 11.3. The summed E-state index contributed by atoms with van der Waals surface area (Å²) >= 11 is 0. The fraction of sp³-hybridized carbons (Fsp3) is 0.727. The van der Waals surface area contributed by atoms with Gasteiger partial charge in [0.05, 0.1) is 6.61 Å². The van der Waals surface area contributed by atoms with Gasteiger partial charge in [0.25, 0.3) is 5.91 Å². The molecule has 0 aromatic carbocycles. The lowest BCUT2D eigenvalue weighted by Crippen LogP contribution is -2.38. The normalized spacial score (nSPS) is 11.7. The van der Waals surface area contributed by atoms with Crippen LogP contribution in [0.2, 0.25) is 0 Å². The molecule has 0 heterocycles. The van der Waals surface area contributed by atoms with E-state index in [0.29, 0.717) is 12.5 Å². The van der Waals surface area contributed by atoms with Gasteiger partial charge in [-0.05, 0) is 27.7 Å². The van der Waals surface area contributed by atoms with Gasteiger partial charge in [0.1, 0.15) is 12.1 Å². The zero-order chi connectivity index (χ0) is 14.2. The van der Waals surface area contributed by atoms with E-state index in [1.807, 2.05) is 6.92 Å². The number of hydrazone groups is 1. The third-order valence-corrected chi connectivity index (χ3v) is 1.48. The van der Waals surface area contributed by atoms with Gasteiger partial charge in [-0.25, -0.2) is 10.2 Å². The summed E-state index contributed by atoms with van der Waals surface area (Å²) in [7, 11) is 0. The van der Waals surface area contributed by atoms with Gasteiger partial charge in [-0.15, -0.1) is 5.10 Å². The average molecular weight is 259 g/mol. The van der Waals surface area contributed by atoms with E-state index in [1.54, 1.807) is 27.7 Å². The van der Waals surface area contributed by atoms with Crippen molar-refractivity contribution >= 4 is 17.9 Å². The number of nitrogens with one attached hydrogen (secondary N) is 2. The number of carbonyl (C=O) groups is 2. The first kappa shape index (κ1) is 16.2. The number of rotatable bonds is 4. The quantitative estimate of drug-likeness (QED) is 0.448. The predicted molar refractivity (Wildman–Crippen MR) is 67.1 cm³/mol. The smallest absolute Gasteiger partial charge is 0.408 e. The molecule has 0 radical (unpaired) electrons. The molecular weight excluding hydrogens is 238 g/mol. The van der Waals surface area contributed by atoms with Gasteiger partial charge in [0.2, 0.25) is 5.90 Å². The molecule has 0 unspecified atom stereocenters. The topological polar surface area (TPSA) is 89.0 Å². The van der Waals surface area contributed by atoms with Crippen molar-refractivity contribution in [3.63, 3.8) is 0 Å². The Morgan fingerprint density at radius 1 is 1.28 bits per heavy atom. The molecule has 0 atom stereocenters. The Labute approximate surface area is 107 Å². The van der Waals surface area contributed by atoms with Crippen LogP contribution in [0.3, 0.4) is 0 Å². The van der Waals surface area contributed by atoms with E-state index in [9.17, 15) is 9.59 Å². The van der Waals surface area contributed by atoms with Gasteiger partial charge in [0, 0.05) is 6.92 Å². The summed E-state index contributed by atoms with van der Waals surface area (Å²) < 4.78 is 9.97. The number of amides is 2. The molecule has 0 aliphatic rings. The fourth-order valence-electron chi connectivity index (χ4n) is 0.888. The first-order chi connectivity index (χ1) is 8.24. The molecule has 0 spiro atoms. The molecule has 2 N–H and O–H groups in total. The summed E-state index contributed by atoms with van der Waals surface area (Å²) in [6.07, 6.45) is -0.650. The molecule has 0 aromatic rings. The highest BCUT2D eigenvalue weighted by atomic mass is 16.6. The minimum absolute atomic E-state index is 0.210. The molecular formula is C11H21N3O4. The number of hydrogen-bond donors (Lipinski definition) is 2. The van der Waals surface area contributed by atoms with Crippen LogP contribution < -0.4 is 10.7 Å². The molecule has 104 valence electrons. The molecule has 0 bridgehead atoms. The van der Waals surface area contributed by atoms with Crippen molar-refractivity contribution in [1.82, 2.24) is 10.7 Å². The van der Waals surface area contributed by atoms with Crippen LogP contribution >= 0.6 is 0 Å². The highest BCUT2D eigenvalue weighted by Gasteiger charge is 2.16. The second-order valence-electron chi connectivity index (χ2n) is 4.45. The van der Waals surface area contributed by atoms with Crippen molar-refractivity contribution in [2.24, 2.45) is 5.10 Å². The van der Waals surface area contributed by atoms with Crippen LogP contribution in [0.1, 0.15) is 34.6 Å². The number of hydrogen-bond acceptors (Lipinski definition) is 5. The maximum absolute atomic E-state index is 11.3.